The number of carbonyl (C=O) groups excluding carboxylic acids is 1. The second kappa shape index (κ2) is 7.33. The zero-order chi connectivity index (χ0) is 17.9. The Kier molecular flexibility index (Phi) is 4.75. The summed E-state index contributed by atoms with van der Waals surface area (Å²) in [5.41, 5.74) is 4.51. The van der Waals surface area contributed by atoms with Crippen LogP contribution in [-0.2, 0) is 11.2 Å². The van der Waals surface area contributed by atoms with E-state index in [1.165, 1.54) is 11.9 Å². The number of nitrogens with zero attached hydrogens (tertiary/aromatic N) is 1. The first kappa shape index (κ1) is 16.8. The van der Waals surface area contributed by atoms with E-state index < -0.39 is 0 Å². The summed E-state index contributed by atoms with van der Waals surface area (Å²) in [4.78, 5) is 13.2. The number of hydrogen-bond donors (Lipinski definition) is 3. The van der Waals surface area contributed by atoms with Crippen LogP contribution in [-0.4, -0.2) is 16.1 Å². The monoisotopic (exact) mass is 380 g/mol. The van der Waals surface area contributed by atoms with Crippen molar-refractivity contribution in [1.82, 2.24) is 10.2 Å². The summed E-state index contributed by atoms with van der Waals surface area (Å²) >= 11 is 2.80. The summed E-state index contributed by atoms with van der Waals surface area (Å²) in [6.45, 7) is 0. The van der Waals surface area contributed by atoms with Crippen molar-refractivity contribution in [3.05, 3.63) is 64.9 Å². The lowest BCUT2D eigenvalue weighted by Crippen LogP contribution is -2.13. The summed E-state index contributed by atoms with van der Waals surface area (Å²) in [7, 11) is 0. The zero-order valence-electron chi connectivity index (χ0n) is 13.7. The number of nitrogens with two attached hydrogens (primary N) is 1. The van der Waals surface area contributed by atoms with E-state index in [0.29, 0.717) is 6.42 Å². The number of aromatic nitrogens is 2. The van der Waals surface area contributed by atoms with Crippen LogP contribution in [0.15, 0.2) is 64.2 Å². The largest absolute Gasteiger partial charge is 0.326 e. The van der Waals surface area contributed by atoms with Crippen LogP contribution in [0.1, 0.15) is 5.56 Å². The van der Waals surface area contributed by atoms with E-state index in [1.807, 2.05) is 59.3 Å². The average Bonchev–Trinajstić information content (AvgIpc) is 3.31. The lowest BCUT2D eigenvalue weighted by molar-refractivity contribution is -0.115. The van der Waals surface area contributed by atoms with Gasteiger partial charge in [-0.1, -0.05) is 12.1 Å². The van der Waals surface area contributed by atoms with Gasteiger partial charge in [-0.05, 0) is 64.7 Å². The van der Waals surface area contributed by atoms with E-state index >= 15 is 0 Å². The quantitative estimate of drug-likeness (QED) is 0.447. The molecule has 0 fully saturated rings. The molecule has 4 rings (SSSR count). The van der Waals surface area contributed by atoms with Gasteiger partial charge in [-0.25, -0.2) is 0 Å². The van der Waals surface area contributed by atoms with Crippen molar-refractivity contribution in [3.8, 4) is 11.3 Å². The van der Waals surface area contributed by atoms with Crippen molar-refractivity contribution in [2.75, 3.05) is 5.32 Å². The molecule has 2 heterocycles. The molecule has 0 saturated carbocycles. The molecular weight excluding hydrogens is 364 g/mol. The maximum absolute atomic E-state index is 12.2. The van der Waals surface area contributed by atoms with Crippen LogP contribution in [0.25, 0.3) is 22.2 Å². The Bertz CT molecular complexity index is 1060. The van der Waals surface area contributed by atoms with Crippen LogP contribution >= 0.6 is 23.3 Å². The molecule has 2 aromatic carbocycles. The fourth-order valence-corrected chi connectivity index (χ4v) is 3.83. The Labute approximate surface area is 158 Å². The third kappa shape index (κ3) is 3.50. The van der Waals surface area contributed by atoms with Gasteiger partial charge in [0, 0.05) is 21.5 Å². The number of anilines is 1. The van der Waals surface area contributed by atoms with Crippen molar-refractivity contribution < 1.29 is 4.79 Å². The van der Waals surface area contributed by atoms with E-state index in [2.05, 4.69) is 15.5 Å². The van der Waals surface area contributed by atoms with Crippen LogP contribution in [0.3, 0.4) is 0 Å². The highest BCUT2D eigenvalue weighted by molar-refractivity contribution is 7.97. The first-order valence-corrected chi connectivity index (χ1v) is 9.81. The molecular formula is C19H16N4OS2. The number of carbonyl (C=O) groups is 1. The molecule has 0 bridgehead atoms. The number of fused-ring (bicyclic) bond motifs is 1. The van der Waals surface area contributed by atoms with Crippen LogP contribution in [0.5, 0.6) is 0 Å². The van der Waals surface area contributed by atoms with Gasteiger partial charge in [0.2, 0.25) is 5.91 Å². The maximum Gasteiger partial charge on any atom is 0.228 e. The maximum atomic E-state index is 12.2. The number of rotatable bonds is 5. The van der Waals surface area contributed by atoms with Crippen LogP contribution < -0.4 is 10.5 Å². The Hall–Kier alpha value is -2.61. The predicted octanol–water partition coefficient (Wildman–Crippen LogP) is 4.44. The summed E-state index contributed by atoms with van der Waals surface area (Å²) < 4.78 is 0. The van der Waals surface area contributed by atoms with E-state index in [9.17, 15) is 4.79 Å². The minimum atomic E-state index is -0.0330. The standard InChI is InChI=1S/C19H16N4OS2/c20-26-15-3-1-2-13(9-15)19-16-10-14(4-5-17(16)22-23-19)21-18(24)8-12-6-7-25-11-12/h1-7,9-11H,8,20H2,(H,21,24)(H,22,23). The molecule has 0 aliphatic carbocycles. The molecule has 5 nitrogen and oxygen atoms in total. The third-order valence-electron chi connectivity index (χ3n) is 4.03. The van der Waals surface area contributed by atoms with Gasteiger partial charge in [0.25, 0.3) is 0 Å². The van der Waals surface area contributed by atoms with Crippen molar-refractivity contribution in [1.29, 1.82) is 0 Å². The van der Waals surface area contributed by atoms with Gasteiger partial charge >= 0.3 is 0 Å². The SMILES string of the molecule is NSc1cccc(-c2n[nH]c3ccc(NC(=O)Cc4ccsc4)cc23)c1. The minimum Gasteiger partial charge on any atom is -0.326 e. The second-order valence-electron chi connectivity index (χ2n) is 5.83. The zero-order valence-corrected chi connectivity index (χ0v) is 15.4. The number of amides is 1. The lowest BCUT2D eigenvalue weighted by Gasteiger charge is -2.06. The van der Waals surface area contributed by atoms with E-state index in [1.54, 1.807) is 11.3 Å². The van der Waals surface area contributed by atoms with Crippen LogP contribution in [0.2, 0.25) is 0 Å². The molecule has 0 spiro atoms. The normalized spacial score (nSPS) is 11.0. The number of benzene rings is 2. The Morgan fingerprint density at radius 3 is 2.96 bits per heavy atom. The van der Waals surface area contributed by atoms with Gasteiger partial charge in [0.05, 0.1) is 11.9 Å². The highest BCUT2D eigenvalue weighted by Crippen LogP contribution is 2.30. The van der Waals surface area contributed by atoms with Crippen molar-refractivity contribution in [2.24, 2.45) is 5.14 Å². The molecule has 0 unspecified atom stereocenters. The number of hydrogen-bond acceptors (Lipinski definition) is 5. The first-order valence-electron chi connectivity index (χ1n) is 7.99. The van der Waals surface area contributed by atoms with Crippen LogP contribution in [0.4, 0.5) is 5.69 Å². The molecule has 4 N–H and O–H groups in total. The lowest BCUT2D eigenvalue weighted by atomic mass is 10.1. The molecule has 0 atom stereocenters. The van der Waals surface area contributed by atoms with Crippen molar-refractivity contribution in [3.63, 3.8) is 0 Å². The number of H-pyrrole nitrogens is 1. The molecule has 0 saturated heterocycles. The van der Waals surface area contributed by atoms with E-state index in [4.69, 9.17) is 5.14 Å². The minimum absolute atomic E-state index is 0.0330. The molecule has 0 radical (unpaired) electrons. The number of thiophene rings is 1. The molecule has 2 aromatic heterocycles. The summed E-state index contributed by atoms with van der Waals surface area (Å²) in [5.74, 6) is -0.0330. The molecule has 0 aliphatic heterocycles. The summed E-state index contributed by atoms with van der Waals surface area (Å²) in [6, 6.07) is 15.6. The first-order chi connectivity index (χ1) is 12.7. The summed E-state index contributed by atoms with van der Waals surface area (Å²) in [5, 5.41) is 21.0. The van der Waals surface area contributed by atoms with Gasteiger partial charge in [0.15, 0.2) is 0 Å². The predicted molar refractivity (Wildman–Crippen MR) is 108 cm³/mol. The highest BCUT2D eigenvalue weighted by atomic mass is 32.2. The Balaban J connectivity index is 1.63. The molecule has 26 heavy (non-hydrogen) atoms. The molecule has 7 heteroatoms. The molecule has 130 valence electrons. The number of nitrogens with one attached hydrogen (secondary N) is 2. The molecule has 0 aliphatic rings. The van der Waals surface area contributed by atoms with Gasteiger partial charge in [-0.2, -0.15) is 16.4 Å². The molecule has 1 amide bonds. The van der Waals surface area contributed by atoms with Gasteiger partial charge in [0.1, 0.15) is 5.69 Å². The third-order valence-corrected chi connectivity index (χ3v) is 5.29. The average molecular weight is 380 g/mol. The second-order valence-corrected chi connectivity index (χ2v) is 7.32. The smallest absolute Gasteiger partial charge is 0.228 e. The Morgan fingerprint density at radius 2 is 2.15 bits per heavy atom. The highest BCUT2D eigenvalue weighted by Gasteiger charge is 2.11. The van der Waals surface area contributed by atoms with Gasteiger partial charge in [-0.15, -0.1) is 0 Å². The van der Waals surface area contributed by atoms with Crippen LogP contribution in [0, 0.1) is 0 Å². The van der Waals surface area contributed by atoms with Gasteiger partial charge in [-0.3, -0.25) is 15.0 Å². The fraction of sp³-hybridized carbons (Fsp3) is 0.0526. The van der Waals surface area contributed by atoms with E-state index in [0.717, 1.165) is 38.3 Å². The topological polar surface area (TPSA) is 83.8 Å². The van der Waals surface area contributed by atoms with Crippen molar-refractivity contribution >= 4 is 45.8 Å². The Morgan fingerprint density at radius 1 is 1.23 bits per heavy atom. The summed E-state index contributed by atoms with van der Waals surface area (Å²) in [6.07, 6.45) is 0.371. The molecule has 4 aromatic rings. The number of aromatic amines is 1. The fourth-order valence-electron chi connectivity index (χ4n) is 2.81. The van der Waals surface area contributed by atoms with E-state index in [-0.39, 0.29) is 5.91 Å². The van der Waals surface area contributed by atoms with Gasteiger partial charge < -0.3 is 5.32 Å². The van der Waals surface area contributed by atoms with Crippen molar-refractivity contribution in [2.45, 2.75) is 11.3 Å².